The fraction of sp³-hybridized carbons (Fsp3) is 0.458. The van der Waals surface area contributed by atoms with E-state index >= 15 is 0 Å². The van der Waals surface area contributed by atoms with Gasteiger partial charge in [-0.05, 0) is 41.8 Å². The number of benzene rings is 2. The number of ether oxygens (including phenoxy) is 2. The molecule has 1 N–H and O–H groups in total. The summed E-state index contributed by atoms with van der Waals surface area (Å²) in [6.07, 6.45) is 1.56. The summed E-state index contributed by atoms with van der Waals surface area (Å²) >= 11 is 0. The van der Waals surface area contributed by atoms with Gasteiger partial charge in [-0.15, -0.1) is 0 Å². The van der Waals surface area contributed by atoms with E-state index in [4.69, 9.17) is 9.47 Å². The predicted octanol–water partition coefficient (Wildman–Crippen LogP) is 3.01. The molecule has 1 aliphatic rings. The zero-order chi connectivity index (χ0) is 22.4. The van der Waals surface area contributed by atoms with E-state index in [9.17, 15) is 14.4 Å². The zero-order valence-corrected chi connectivity index (χ0v) is 18.3. The van der Waals surface area contributed by atoms with Crippen LogP contribution >= 0.6 is 0 Å². The number of hydrogen-bond donors (Lipinski definition) is 1. The lowest BCUT2D eigenvalue weighted by atomic mass is 9.95. The highest BCUT2D eigenvalue weighted by atomic mass is 16.5. The maximum absolute atomic E-state index is 13.3. The highest BCUT2D eigenvalue weighted by Crippen LogP contribution is 2.27. The number of rotatable bonds is 8. The quantitative estimate of drug-likeness (QED) is 0.518. The Morgan fingerprint density at radius 1 is 1.19 bits per heavy atom. The number of carbonyl (C=O) groups is 3. The molecule has 2 amide bonds. The molecule has 0 spiro atoms. The highest BCUT2D eigenvalue weighted by molar-refractivity contribution is 5.94. The Hall–Kier alpha value is -3.09. The Kier molecular flexibility index (Phi) is 7.50. The topological polar surface area (TPSA) is 84.9 Å². The molecule has 0 radical (unpaired) electrons. The fourth-order valence-electron chi connectivity index (χ4n) is 3.76. The van der Waals surface area contributed by atoms with Crippen LogP contribution in [0.15, 0.2) is 36.4 Å². The SMILES string of the molecule is CCCCOC(=O)CC1C(=O)NCCN1C(=O)[C@@H](C)c1ccc2cc(OC)ccc2c1. The summed E-state index contributed by atoms with van der Waals surface area (Å²) in [5.74, 6) is -0.618. The van der Waals surface area contributed by atoms with E-state index in [-0.39, 0.29) is 18.2 Å². The monoisotopic (exact) mass is 426 g/mol. The van der Waals surface area contributed by atoms with E-state index in [1.807, 2.05) is 50.2 Å². The van der Waals surface area contributed by atoms with Crippen molar-refractivity contribution in [1.29, 1.82) is 0 Å². The van der Waals surface area contributed by atoms with E-state index in [1.54, 1.807) is 7.11 Å². The minimum absolute atomic E-state index is 0.133. The van der Waals surface area contributed by atoms with E-state index in [0.717, 1.165) is 34.9 Å². The number of nitrogens with zero attached hydrogens (tertiary/aromatic N) is 1. The van der Waals surface area contributed by atoms with Gasteiger partial charge in [0.25, 0.3) is 0 Å². The van der Waals surface area contributed by atoms with Gasteiger partial charge in [-0.3, -0.25) is 14.4 Å². The van der Waals surface area contributed by atoms with Crippen molar-refractivity contribution < 1.29 is 23.9 Å². The van der Waals surface area contributed by atoms with E-state index < -0.39 is 17.9 Å². The van der Waals surface area contributed by atoms with Crippen LogP contribution in [0.25, 0.3) is 10.8 Å². The molecule has 1 fully saturated rings. The molecule has 0 aliphatic carbocycles. The Balaban J connectivity index is 1.76. The molecule has 0 saturated carbocycles. The van der Waals surface area contributed by atoms with Gasteiger partial charge in [-0.25, -0.2) is 0 Å². The van der Waals surface area contributed by atoms with Crippen LogP contribution in [-0.4, -0.2) is 55.5 Å². The average Bonchev–Trinajstić information content (AvgIpc) is 2.78. The molecule has 1 heterocycles. The second-order valence-electron chi connectivity index (χ2n) is 7.81. The van der Waals surface area contributed by atoms with Gasteiger partial charge in [0, 0.05) is 13.1 Å². The van der Waals surface area contributed by atoms with Gasteiger partial charge in [-0.2, -0.15) is 0 Å². The minimum atomic E-state index is -0.845. The molecule has 3 rings (SSSR count). The smallest absolute Gasteiger partial charge is 0.308 e. The number of hydrogen-bond acceptors (Lipinski definition) is 5. The van der Waals surface area contributed by atoms with Gasteiger partial charge in [0.05, 0.1) is 26.1 Å². The lowest BCUT2D eigenvalue weighted by Gasteiger charge is -2.36. The molecule has 2 aromatic rings. The van der Waals surface area contributed by atoms with E-state index in [1.165, 1.54) is 4.90 Å². The molecular formula is C24H30N2O5. The van der Waals surface area contributed by atoms with Gasteiger partial charge in [0.2, 0.25) is 11.8 Å². The van der Waals surface area contributed by atoms with Gasteiger partial charge in [0.1, 0.15) is 11.8 Å². The van der Waals surface area contributed by atoms with Crippen LogP contribution in [-0.2, 0) is 19.1 Å². The lowest BCUT2D eigenvalue weighted by molar-refractivity contribution is -0.152. The number of amides is 2. The largest absolute Gasteiger partial charge is 0.497 e. The fourth-order valence-corrected chi connectivity index (χ4v) is 3.76. The summed E-state index contributed by atoms with van der Waals surface area (Å²) in [5.41, 5.74) is 0.859. The van der Waals surface area contributed by atoms with Gasteiger partial charge >= 0.3 is 5.97 Å². The van der Waals surface area contributed by atoms with Crippen molar-refractivity contribution in [3.05, 3.63) is 42.0 Å². The molecule has 2 atom stereocenters. The number of methoxy groups -OCH3 is 1. The molecular weight excluding hydrogens is 396 g/mol. The van der Waals surface area contributed by atoms with Gasteiger partial charge in [-0.1, -0.05) is 37.6 Å². The molecule has 1 unspecified atom stereocenters. The number of esters is 1. The molecule has 1 saturated heterocycles. The van der Waals surface area contributed by atoms with Crippen molar-refractivity contribution in [2.45, 2.75) is 45.1 Å². The second kappa shape index (κ2) is 10.3. The summed E-state index contributed by atoms with van der Waals surface area (Å²) in [7, 11) is 1.63. The van der Waals surface area contributed by atoms with Crippen LogP contribution < -0.4 is 10.1 Å². The number of piperazine rings is 1. The zero-order valence-electron chi connectivity index (χ0n) is 18.3. The first-order chi connectivity index (χ1) is 14.9. The normalized spacial score (nSPS) is 17.2. The molecule has 1 aliphatic heterocycles. The molecule has 7 nitrogen and oxygen atoms in total. The van der Waals surface area contributed by atoms with E-state index in [0.29, 0.717) is 19.7 Å². The Morgan fingerprint density at radius 2 is 1.94 bits per heavy atom. The third kappa shape index (κ3) is 5.34. The summed E-state index contributed by atoms with van der Waals surface area (Å²) < 4.78 is 10.5. The van der Waals surface area contributed by atoms with Crippen LogP contribution in [0.5, 0.6) is 5.75 Å². The Morgan fingerprint density at radius 3 is 2.68 bits per heavy atom. The first kappa shape index (κ1) is 22.6. The van der Waals surface area contributed by atoms with Crippen molar-refractivity contribution in [2.24, 2.45) is 0 Å². The molecule has 166 valence electrons. The van der Waals surface area contributed by atoms with Crippen LogP contribution in [0.1, 0.15) is 44.6 Å². The third-order valence-corrected chi connectivity index (χ3v) is 5.68. The summed E-state index contributed by atoms with van der Waals surface area (Å²) in [4.78, 5) is 39.5. The van der Waals surface area contributed by atoms with Crippen LogP contribution in [0.4, 0.5) is 0 Å². The maximum atomic E-state index is 13.3. The van der Waals surface area contributed by atoms with Crippen molar-refractivity contribution in [3.63, 3.8) is 0 Å². The van der Waals surface area contributed by atoms with Crippen LogP contribution in [0, 0.1) is 0 Å². The lowest BCUT2D eigenvalue weighted by Crippen LogP contribution is -2.58. The average molecular weight is 427 g/mol. The van der Waals surface area contributed by atoms with Crippen molar-refractivity contribution in [3.8, 4) is 5.75 Å². The number of carbonyl (C=O) groups excluding carboxylic acids is 3. The Labute approximate surface area is 182 Å². The van der Waals surface area contributed by atoms with E-state index in [2.05, 4.69) is 5.32 Å². The van der Waals surface area contributed by atoms with Gasteiger partial charge < -0.3 is 19.7 Å². The predicted molar refractivity (Wildman–Crippen MR) is 118 cm³/mol. The van der Waals surface area contributed by atoms with Gasteiger partial charge in [0.15, 0.2) is 0 Å². The summed E-state index contributed by atoms with van der Waals surface area (Å²) in [5, 5.41) is 4.78. The highest BCUT2D eigenvalue weighted by Gasteiger charge is 2.37. The van der Waals surface area contributed by atoms with Crippen molar-refractivity contribution in [2.75, 3.05) is 26.8 Å². The molecule has 31 heavy (non-hydrogen) atoms. The first-order valence-electron chi connectivity index (χ1n) is 10.8. The maximum Gasteiger partial charge on any atom is 0.308 e. The van der Waals surface area contributed by atoms with Crippen molar-refractivity contribution in [1.82, 2.24) is 10.2 Å². The van der Waals surface area contributed by atoms with Crippen LogP contribution in [0.3, 0.4) is 0 Å². The Bertz CT molecular complexity index is 958. The summed E-state index contributed by atoms with van der Waals surface area (Å²) in [6, 6.07) is 10.8. The molecule has 2 aromatic carbocycles. The number of unbranched alkanes of at least 4 members (excludes halogenated alkanes) is 1. The standard InChI is InChI=1S/C24H30N2O5/c1-4-5-12-31-22(27)15-21-23(28)25-10-11-26(21)24(29)16(2)17-6-7-19-14-20(30-3)9-8-18(19)13-17/h6-9,13-14,16,21H,4-5,10-12,15H2,1-3H3,(H,25,28)/t16-,21?/m0/s1. The second-order valence-corrected chi connectivity index (χ2v) is 7.81. The van der Waals surface area contributed by atoms with Crippen molar-refractivity contribution >= 4 is 28.6 Å². The summed E-state index contributed by atoms with van der Waals surface area (Å²) in [6.45, 7) is 4.91. The third-order valence-electron chi connectivity index (χ3n) is 5.68. The number of fused-ring (bicyclic) bond motifs is 1. The first-order valence-corrected chi connectivity index (χ1v) is 10.8. The number of nitrogens with one attached hydrogen (secondary N) is 1. The molecule has 7 heteroatoms. The van der Waals surface area contributed by atoms with Crippen LogP contribution in [0.2, 0.25) is 0 Å². The minimum Gasteiger partial charge on any atom is -0.497 e. The molecule has 0 bridgehead atoms. The molecule has 0 aromatic heterocycles.